The molecule has 1 heterocycles. The summed E-state index contributed by atoms with van der Waals surface area (Å²) >= 11 is 0. The Bertz CT molecular complexity index is 328. The van der Waals surface area contributed by atoms with E-state index in [-0.39, 0.29) is 36.9 Å². The molecule has 0 saturated carbocycles. The molecule has 0 aliphatic rings. The molecule has 0 radical (unpaired) electrons. The van der Waals surface area contributed by atoms with Crippen molar-refractivity contribution in [3.05, 3.63) is 12.3 Å². The van der Waals surface area contributed by atoms with Crippen molar-refractivity contribution in [2.75, 3.05) is 13.0 Å². The first-order chi connectivity index (χ1) is 5.64. The Kier molecular flexibility index (Phi) is 5.57. The number of hydrogen-bond acceptors (Lipinski definition) is 5. The van der Waals surface area contributed by atoms with Gasteiger partial charge in [0.15, 0.2) is 5.94 Å². The van der Waals surface area contributed by atoms with Gasteiger partial charge in [0, 0.05) is 13.2 Å². The van der Waals surface area contributed by atoms with E-state index in [1.807, 2.05) is 0 Å². The fourth-order valence-corrected chi connectivity index (χ4v) is 1.30. The van der Waals surface area contributed by atoms with E-state index in [4.69, 9.17) is 0 Å². The number of nitrogens with zero attached hydrogens (tertiary/aromatic N) is 1. The summed E-state index contributed by atoms with van der Waals surface area (Å²) in [6.07, 6.45) is 1.39. The molecule has 0 aromatic carbocycles. The van der Waals surface area contributed by atoms with Crippen LogP contribution in [0.3, 0.4) is 0 Å². The summed E-state index contributed by atoms with van der Waals surface area (Å²) in [5, 5.41) is 5.86. The van der Waals surface area contributed by atoms with Gasteiger partial charge in [-0.3, -0.25) is 0 Å². The predicted molar refractivity (Wildman–Crippen MR) is 41.1 cm³/mol. The summed E-state index contributed by atoms with van der Waals surface area (Å²) in [7, 11) is -2.38. The molecule has 0 fully saturated rings. The summed E-state index contributed by atoms with van der Waals surface area (Å²) in [6.45, 7) is 0. The smallest absolute Gasteiger partial charge is 1.00 e. The second-order valence-corrected chi connectivity index (χ2v) is 3.49. The van der Waals surface area contributed by atoms with Gasteiger partial charge in [0.25, 0.3) is 0 Å². The quantitative estimate of drug-likeness (QED) is 0.424. The minimum absolute atomic E-state index is 0. The molecule has 1 aromatic heterocycles. The van der Waals surface area contributed by atoms with Crippen LogP contribution in [0.25, 0.3) is 0 Å². The summed E-state index contributed by atoms with van der Waals surface area (Å²) in [5.74, 6) is -0.404. The zero-order chi connectivity index (χ0) is 9.03. The van der Waals surface area contributed by atoms with Gasteiger partial charge in [-0.15, -0.1) is 0 Å². The number of aromatic amines is 1. The maximum atomic E-state index is 10.9. The Morgan fingerprint density at radius 1 is 1.69 bits per heavy atom. The molecular weight excluding hydrogens is 207 g/mol. The first-order valence-corrected chi connectivity index (χ1v) is 4.62. The van der Waals surface area contributed by atoms with Gasteiger partial charge in [-0.25, -0.2) is 5.10 Å². The van der Waals surface area contributed by atoms with E-state index in [0.29, 0.717) is 0 Å². The molecular formula is C5H9N2NaO4S. The van der Waals surface area contributed by atoms with Crippen LogP contribution in [0.4, 0.5) is 0 Å². The van der Waals surface area contributed by atoms with E-state index >= 15 is 0 Å². The van der Waals surface area contributed by atoms with Crippen LogP contribution in [0.2, 0.25) is 0 Å². The molecule has 1 rings (SSSR count). The molecule has 0 spiro atoms. The molecule has 0 aliphatic carbocycles. The second-order valence-electron chi connectivity index (χ2n) is 1.97. The molecule has 1 N–H and O–H groups in total. The van der Waals surface area contributed by atoms with Gasteiger partial charge in [0.1, 0.15) is 0 Å². The molecule has 0 bridgehead atoms. The number of hydrogen-bond donors (Lipinski definition) is 1. The molecule has 0 unspecified atom stereocenters. The molecule has 0 amide bonds. The summed E-state index contributed by atoms with van der Waals surface area (Å²) in [6, 6.07) is 1.40. The molecule has 0 saturated heterocycles. The van der Waals surface area contributed by atoms with Gasteiger partial charge in [-0.2, -0.15) is 13.5 Å². The van der Waals surface area contributed by atoms with Gasteiger partial charge in [0.2, 0.25) is 5.88 Å². The number of ether oxygens (including phenoxy) is 1. The molecule has 6 nitrogen and oxygen atoms in total. The van der Waals surface area contributed by atoms with Crippen molar-refractivity contribution < 1.29 is 48.3 Å². The first kappa shape index (κ1) is 12.9. The Morgan fingerprint density at radius 2 is 2.38 bits per heavy atom. The predicted octanol–water partition coefficient (Wildman–Crippen LogP) is -3.16. The van der Waals surface area contributed by atoms with Crippen molar-refractivity contribution in [1.82, 2.24) is 10.2 Å². The van der Waals surface area contributed by atoms with Crippen molar-refractivity contribution in [1.29, 1.82) is 0 Å². The van der Waals surface area contributed by atoms with E-state index in [9.17, 15) is 8.42 Å². The fraction of sp³-hybridized carbons (Fsp3) is 0.400. The molecule has 0 atom stereocenters. The van der Waals surface area contributed by atoms with E-state index in [1.165, 1.54) is 19.4 Å². The second kappa shape index (κ2) is 5.61. The van der Waals surface area contributed by atoms with Crippen molar-refractivity contribution in [2.45, 2.75) is 0 Å². The zero-order valence-electron chi connectivity index (χ0n) is 8.35. The van der Waals surface area contributed by atoms with Crippen LogP contribution in [0.5, 0.6) is 5.88 Å². The normalized spacial score (nSPS) is 10.5. The monoisotopic (exact) mass is 216 g/mol. The minimum Gasteiger partial charge on any atom is -1.00 e. The van der Waals surface area contributed by atoms with E-state index in [2.05, 4.69) is 19.1 Å². The number of aromatic nitrogens is 2. The van der Waals surface area contributed by atoms with Crippen molar-refractivity contribution in [3.8, 4) is 5.88 Å². The SMILES string of the molecule is COCS(=O)(=O)Oc1ccn[nH]1.[H-].[Na+]. The Balaban J connectivity index is 0. The number of H-pyrrole nitrogens is 1. The van der Waals surface area contributed by atoms with Crippen LogP contribution < -0.4 is 33.7 Å². The summed E-state index contributed by atoms with van der Waals surface area (Å²) in [4.78, 5) is 0. The average molecular weight is 216 g/mol. The number of rotatable bonds is 4. The topological polar surface area (TPSA) is 81.3 Å². The maximum Gasteiger partial charge on any atom is 1.00 e. The van der Waals surface area contributed by atoms with Gasteiger partial charge in [0.05, 0.1) is 6.20 Å². The average Bonchev–Trinajstić information content (AvgIpc) is 2.38. The van der Waals surface area contributed by atoms with Crippen LogP contribution in [0, 0.1) is 0 Å². The van der Waals surface area contributed by atoms with Crippen molar-refractivity contribution in [3.63, 3.8) is 0 Å². The van der Waals surface area contributed by atoms with E-state index in [1.54, 1.807) is 0 Å². The standard InChI is InChI=1S/C5H8N2O4S.Na.H/c1-10-4-12(8,9)11-5-2-3-6-7-5;;/h2-3H,4H2,1H3,(H,6,7);;/q;+1;-1. The summed E-state index contributed by atoms with van der Waals surface area (Å²) < 4.78 is 30.7. The third kappa shape index (κ3) is 4.63. The third-order valence-electron chi connectivity index (χ3n) is 0.954. The van der Waals surface area contributed by atoms with Crippen LogP contribution >= 0.6 is 0 Å². The van der Waals surface area contributed by atoms with Crippen LogP contribution in [-0.2, 0) is 14.9 Å². The minimum atomic E-state index is -3.65. The van der Waals surface area contributed by atoms with Crippen LogP contribution in [0.15, 0.2) is 12.3 Å². The van der Waals surface area contributed by atoms with Crippen molar-refractivity contribution in [2.24, 2.45) is 0 Å². The van der Waals surface area contributed by atoms with Gasteiger partial charge in [-0.05, 0) is 0 Å². The van der Waals surface area contributed by atoms with Gasteiger partial charge >= 0.3 is 39.7 Å². The fourth-order valence-electron chi connectivity index (χ4n) is 0.595. The zero-order valence-corrected chi connectivity index (χ0v) is 10.2. The number of nitrogens with one attached hydrogen (secondary N) is 1. The van der Waals surface area contributed by atoms with Gasteiger partial charge < -0.3 is 10.3 Å². The molecule has 13 heavy (non-hydrogen) atoms. The van der Waals surface area contributed by atoms with Crippen molar-refractivity contribution >= 4 is 10.1 Å². The van der Waals surface area contributed by atoms with Crippen LogP contribution in [-0.4, -0.2) is 31.7 Å². The molecule has 1 aromatic rings. The molecule has 0 aliphatic heterocycles. The maximum absolute atomic E-state index is 10.9. The van der Waals surface area contributed by atoms with E-state index < -0.39 is 16.1 Å². The number of methoxy groups -OCH3 is 1. The van der Waals surface area contributed by atoms with Gasteiger partial charge in [-0.1, -0.05) is 0 Å². The largest absolute Gasteiger partial charge is 1.00 e. The molecule has 8 heteroatoms. The first-order valence-electron chi connectivity index (χ1n) is 3.04. The van der Waals surface area contributed by atoms with E-state index in [0.717, 1.165) is 0 Å². The molecule has 70 valence electrons. The summed E-state index contributed by atoms with van der Waals surface area (Å²) in [5.41, 5.74) is 0. The Labute approximate surface area is 99.5 Å². The Morgan fingerprint density at radius 3 is 2.85 bits per heavy atom. The third-order valence-corrected chi connectivity index (χ3v) is 1.91. The van der Waals surface area contributed by atoms with Crippen LogP contribution in [0.1, 0.15) is 1.43 Å². The Hall–Kier alpha value is -0.0800.